The zero-order chi connectivity index (χ0) is 34.7. The molecule has 48 heavy (non-hydrogen) atoms. The Hall–Kier alpha value is -4.54. The molecule has 4 aromatic carbocycles. The zero-order valence-electron chi connectivity index (χ0n) is 27.7. The summed E-state index contributed by atoms with van der Waals surface area (Å²) in [5.41, 5.74) is 2.80. The Labute approximate surface area is 288 Å². The fourth-order valence-electron chi connectivity index (χ4n) is 5.19. The van der Waals surface area contributed by atoms with Crippen LogP contribution in [-0.4, -0.2) is 58.5 Å². The number of aryl methyl sites for hydroxylation is 1. The Balaban J connectivity index is 1.80. The van der Waals surface area contributed by atoms with Gasteiger partial charge in [-0.05, 0) is 60.9 Å². The maximum atomic E-state index is 14.6. The number of nitrogens with zero attached hydrogens (tertiary/aromatic N) is 2. The molecule has 0 aliphatic carbocycles. The summed E-state index contributed by atoms with van der Waals surface area (Å²) in [6.45, 7) is 3.85. The van der Waals surface area contributed by atoms with Crippen molar-refractivity contribution in [2.45, 2.75) is 50.6 Å². The molecule has 0 saturated heterocycles. The van der Waals surface area contributed by atoms with E-state index in [1.807, 2.05) is 44.2 Å². The summed E-state index contributed by atoms with van der Waals surface area (Å²) in [6, 6.07) is 26.7. The number of halogens is 1. The average molecular weight is 692 g/mol. The number of amides is 2. The molecule has 2 amide bonds. The molecule has 4 aromatic rings. The van der Waals surface area contributed by atoms with Crippen molar-refractivity contribution >= 4 is 39.1 Å². The molecule has 0 fully saturated rings. The molecule has 0 saturated carbocycles. The van der Waals surface area contributed by atoms with Gasteiger partial charge in [-0.25, -0.2) is 8.42 Å². The van der Waals surface area contributed by atoms with Crippen LogP contribution in [0.5, 0.6) is 11.5 Å². The van der Waals surface area contributed by atoms with Gasteiger partial charge in [0.05, 0.1) is 24.8 Å². The van der Waals surface area contributed by atoms with Crippen LogP contribution in [0.1, 0.15) is 36.5 Å². The summed E-state index contributed by atoms with van der Waals surface area (Å²) in [4.78, 5) is 29.8. The number of carbonyl (C=O) groups is 2. The van der Waals surface area contributed by atoms with Crippen molar-refractivity contribution in [3.05, 3.63) is 119 Å². The van der Waals surface area contributed by atoms with Crippen LogP contribution in [0.3, 0.4) is 0 Å². The van der Waals surface area contributed by atoms with Crippen LogP contribution in [-0.2, 0) is 32.6 Å². The second kappa shape index (κ2) is 17.0. The molecule has 254 valence electrons. The first kappa shape index (κ1) is 36.3. The van der Waals surface area contributed by atoms with Gasteiger partial charge in [0, 0.05) is 30.6 Å². The molecule has 0 spiro atoms. The number of methoxy groups -OCH3 is 2. The van der Waals surface area contributed by atoms with Crippen molar-refractivity contribution < 1.29 is 27.5 Å². The fraction of sp³-hybridized carbons (Fsp3) is 0.297. The largest absolute Gasteiger partial charge is 0.493 e. The minimum atomic E-state index is -4.32. The lowest BCUT2D eigenvalue weighted by molar-refractivity contribution is -0.140. The van der Waals surface area contributed by atoms with Crippen molar-refractivity contribution in [1.29, 1.82) is 0 Å². The van der Waals surface area contributed by atoms with Crippen molar-refractivity contribution in [3.63, 3.8) is 0 Å². The minimum absolute atomic E-state index is 0.0485. The highest BCUT2D eigenvalue weighted by Crippen LogP contribution is 2.32. The van der Waals surface area contributed by atoms with Gasteiger partial charge < -0.3 is 19.7 Å². The maximum absolute atomic E-state index is 14.6. The summed E-state index contributed by atoms with van der Waals surface area (Å²) >= 11 is 6.16. The van der Waals surface area contributed by atoms with Crippen molar-refractivity contribution in [1.82, 2.24) is 10.2 Å². The van der Waals surface area contributed by atoms with E-state index in [1.54, 1.807) is 48.5 Å². The maximum Gasteiger partial charge on any atom is 0.264 e. The molecule has 9 nitrogen and oxygen atoms in total. The third-order valence-corrected chi connectivity index (χ3v) is 9.93. The van der Waals surface area contributed by atoms with Crippen molar-refractivity contribution in [2.75, 3.05) is 31.6 Å². The topological polar surface area (TPSA) is 105 Å². The van der Waals surface area contributed by atoms with E-state index in [9.17, 15) is 18.0 Å². The number of hydrogen-bond acceptors (Lipinski definition) is 6. The average Bonchev–Trinajstić information content (AvgIpc) is 3.10. The van der Waals surface area contributed by atoms with Gasteiger partial charge in [-0.1, -0.05) is 85.1 Å². The molecular weight excluding hydrogens is 650 g/mol. The summed E-state index contributed by atoms with van der Waals surface area (Å²) < 4.78 is 40.5. The lowest BCUT2D eigenvalue weighted by Crippen LogP contribution is -2.53. The van der Waals surface area contributed by atoms with Crippen LogP contribution in [0, 0.1) is 6.92 Å². The lowest BCUT2D eigenvalue weighted by atomic mass is 10.0. The molecule has 0 unspecified atom stereocenters. The van der Waals surface area contributed by atoms with Gasteiger partial charge in [0.25, 0.3) is 10.0 Å². The molecule has 0 aromatic heterocycles. The first-order chi connectivity index (χ1) is 23.1. The van der Waals surface area contributed by atoms with E-state index < -0.39 is 28.5 Å². The second-order valence-corrected chi connectivity index (χ2v) is 13.7. The highest BCUT2D eigenvalue weighted by molar-refractivity contribution is 7.92. The predicted molar refractivity (Wildman–Crippen MR) is 189 cm³/mol. The smallest absolute Gasteiger partial charge is 0.264 e. The quantitative estimate of drug-likeness (QED) is 0.136. The molecular formula is C37H42ClN3O6S. The number of rotatable bonds is 16. The number of nitrogens with one attached hydrogen (secondary N) is 1. The van der Waals surface area contributed by atoms with E-state index >= 15 is 0 Å². The Kier molecular flexibility index (Phi) is 12.9. The number of anilines is 1. The number of carbonyl (C=O) groups excluding carboxylic acids is 2. The Morgan fingerprint density at radius 1 is 0.854 bits per heavy atom. The van der Waals surface area contributed by atoms with Gasteiger partial charge in [-0.3, -0.25) is 13.9 Å². The third kappa shape index (κ3) is 9.29. The van der Waals surface area contributed by atoms with Gasteiger partial charge in [-0.15, -0.1) is 0 Å². The zero-order valence-corrected chi connectivity index (χ0v) is 29.3. The molecule has 0 radical (unpaired) electrons. The molecule has 11 heteroatoms. The molecule has 1 atom stereocenters. The Morgan fingerprint density at radius 2 is 1.52 bits per heavy atom. The van der Waals surface area contributed by atoms with Gasteiger partial charge in [0.15, 0.2) is 11.5 Å². The summed E-state index contributed by atoms with van der Waals surface area (Å²) in [5.74, 6) is -0.286. The SMILES string of the molecule is CCCCNC(=O)[C@H](Cc1ccccc1)N(Cc1ccc(Cl)cc1)C(=O)CN(c1ccc(C)cc1)S(=O)(=O)c1ccc(OC)c(OC)c1. The highest BCUT2D eigenvalue weighted by atomic mass is 35.5. The van der Waals surface area contributed by atoms with E-state index in [2.05, 4.69) is 5.32 Å². The van der Waals surface area contributed by atoms with E-state index in [-0.39, 0.29) is 29.5 Å². The second-order valence-electron chi connectivity index (χ2n) is 11.4. The van der Waals surface area contributed by atoms with Crippen LogP contribution >= 0.6 is 11.6 Å². The monoisotopic (exact) mass is 691 g/mol. The van der Waals surface area contributed by atoms with Crippen LogP contribution in [0.15, 0.2) is 102 Å². The van der Waals surface area contributed by atoms with E-state index in [1.165, 1.54) is 37.3 Å². The van der Waals surface area contributed by atoms with E-state index in [0.717, 1.165) is 33.8 Å². The van der Waals surface area contributed by atoms with Gasteiger partial charge in [-0.2, -0.15) is 0 Å². The molecule has 4 rings (SSSR count). The van der Waals surface area contributed by atoms with Gasteiger partial charge in [0.2, 0.25) is 11.8 Å². The van der Waals surface area contributed by atoms with Crippen LogP contribution < -0.4 is 19.1 Å². The molecule has 1 N–H and O–H groups in total. The summed E-state index contributed by atoms with van der Waals surface area (Å²) in [7, 11) is -1.44. The molecule has 0 bridgehead atoms. The van der Waals surface area contributed by atoms with Crippen molar-refractivity contribution in [3.8, 4) is 11.5 Å². The molecule has 0 aliphatic rings. The summed E-state index contributed by atoms with van der Waals surface area (Å²) in [5, 5.41) is 3.52. The number of ether oxygens (including phenoxy) is 2. The van der Waals surface area contributed by atoms with Crippen LogP contribution in [0.25, 0.3) is 0 Å². The van der Waals surface area contributed by atoms with Crippen LogP contribution in [0.4, 0.5) is 5.69 Å². The van der Waals surface area contributed by atoms with Gasteiger partial charge in [0.1, 0.15) is 12.6 Å². The minimum Gasteiger partial charge on any atom is -0.493 e. The number of sulfonamides is 1. The highest BCUT2D eigenvalue weighted by Gasteiger charge is 2.35. The predicted octanol–water partition coefficient (Wildman–Crippen LogP) is 6.42. The van der Waals surface area contributed by atoms with E-state index in [0.29, 0.717) is 23.0 Å². The molecule has 0 heterocycles. The summed E-state index contributed by atoms with van der Waals surface area (Å²) in [6.07, 6.45) is 1.89. The third-order valence-electron chi connectivity index (χ3n) is 7.91. The first-order valence-electron chi connectivity index (χ1n) is 15.7. The van der Waals surface area contributed by atoms with Crippen LogP contribution in [0.2, 0.25) is 5.02 Å². The lowest BCUT2D eigenvalue weighted by Gasteiger charge is -2.34. The standard InChI is InChI=1S/C37H42ClN3O6S/c1-5-6-22-39-37(43)33(23-28-10-8-7-9-11-28)40(25-29-14-16-30(38)17-15-29)36(42)26-41(31-18-12-27(2)13-19-31)48(44,45)32-20-21-34(46-3)35(24-32)47-4/h7-21,24,33H,5-6,22-23,25-26H2,1-4H3,(H,39,43)/t33-/m0/s1. The Morgan fingerprint density at radius 3 is 2.15 bits per heavy atom. The Bertz CT molecular complexity index is 1770. The fourth-order valence-corrected chi connectivity index (χ4v) is 6.75. The molecule has 0 aliphatic heterocycles. The number of benzene rings is 4. The van der Waals surface area contributed by atoms with Crippen molar-refractivity contribution in [2.24, 2.45) is 0 Å². The van der Waals surface area contributed by atoms with Gasteiger partial charge >= 0.3 is 0 Å². The normalized spacial score (nSPS) is 11.8. The first-order valence-corrected chi connectivity index (χ1v) is 17.6. The van der Waals surface area contributed by atoms with E-state index in [4.69, 9.17) is 21.1 Å². The number of hydrogen-bond donors (Lipinski definition) is 1. The number of unbranched alkanes of at least 4 members (excludes halogenated alkanes) is 1.